The van der Waals surface area contributed by atoms with Gasteiger partial charge in [-0.2, -0.15) is 0 Å². The van der Waals surface area contributed by atoms with E-state index in [0.29, 0.717) is 5.82 Å². The van der Waals surface area contributed by atoms with E-state index in [2.05, 4.69) is 32.3 Å². The fourth-order valence-corrected chi connectivity index (χ4v) is 2.18. The lowest BCUT2D eigenvalue weighted by molar-refractivity contribution is 0.589. The normalized spacial score (nSPS) is 16.4. The third-order valence-corrected chi connectivity index (χ3v) is 3.13. The number of piperazine rings is 1. The van der Waals surface area contributed by atoms with Crippen molar-refractivity contribution < 1.29 is 0 Å². The van der Waals surface area contributed by atoms with Crippen LogP contribution in [0.3, 0.4) is 0 Å². The molecule has 0 bridgehead atoms. The molecule has 5 heteroatoms. The lowest BCUT2D eigenvalue weighted by Gasteiger charge is -2.29. The number of fused-ring (bicyclic) bond motifs is 1. The average Bonchev–Trinajstić information content (AvgIpc) is 2.40. The molecule has 1 aliphatic heterocycles. The summed E-state index contributed by atoms with van der Waals surface area (Å²) in [6.07, 6.45) is 1.50. The van der Waals surface area contributed by atoms with Gasteiger partial charge in [-0.1, -0.05) is 0 Å². The summed E-state index contributed by atoms with van der Waals surface area (Å²) in [4.78, 5) is 10.6. The molecule has 0 spiro atoms. The Bertz CT molecular complexity index is 533. The maximum atomic E-state index is 5.87. The van der Waals surface area contributed by atoms with E-state index in [1.807, 2.05) is 6.07 Å². The average molecular weight is 229 g/mol. The minimum Gasteiger partial charge on any atom is -0.383 e. The van der Waals surface area contributed by atoms with E-state index in [1.165, 1.54) is 12.0 Å². The first kappa shape index (κ1) is 10.3. The van der Waals surface area contributed by atoms with E-state index in [9.17, 15) is 0 Å². The van der Waals surface area contributed by atoms with E-state index in [1.54, 1.807) is 0 Å². The summed E-state index contributed by atoms with van der Waals surface area (Å²) in [7, 11) is 0. The molecule has 0 aliphatic carbocycles. The fourth-order valence-electron chi connectivity index (χ4n) is 2.18. The molecule has 2 heterocycles. The van der Waals surface area contributed by atoms with E-state index < -0.39 is 0 Å². The van der Waals surface area contributed by atoms with Gasteiger partial charge in [-0.3, -0.25) is 0 Å². The highest BCUT2D eigenvalue weighted by molar-refractivity contribution is 5.90. The van der Waals surface area contributed by atoms with Gasteiger partial charge in [-0.15, -0.1) is 0 Å². The Morgan fingerprint density at radius 1 is 1.18 bits per heavy atom. The van der Waals surface area contributed by atoms with Crippen molar-refractivity contribution >= 4 is 22.4 Å². The molecule has 0 amide bonds. The van der Waals surface area contributed by atoms with Crippen molar-refractivity contribution in [2.75, 3.05) is 36.8 Å². The van der Waals surface area contributed by atoms with Crippen molar-refractivity contribution in [2.45, 2.75) is 0 Å². The number of nitrogens with two attached hydrogens (primary N) is 1. The van der Waals surface area contributed by atoms with Gasteiger partial charge in [0.1, 0.15) is 12.1 Å². The predicted molar refractivity (Wildman–Crippen MR) is 69.0 cm³/mol. The Hall–Kier alpha value is -1.88. The summed E-state index contributed by atoms with van der Waals surface area (Å²) in [5.41, 5.74) is 7.97. The summed E-state index contributed by atoms with van der Waals surface area (Å²) in [6, 6.07) is 6.18. The van der Waals surface area contributed by atoms with E-state index in [0.717, 1.165) is 37.1 Å². The van der Waals surface area contributed by atoms with Crippen LogP contribution in [-0.4, -0.2) is 36.1 Å². The number of rotatable bonds is 1. The van der Waals surface area contributed by atoms with Gasteiger partial charge in [0.15, 0.2) is 0 Å². The van der Waals surface area contributed by atoms with Crippen molar-refractivity contribution in [1.82, 2.24) is 15.3 Å². The van der Waals surface area contributed by atoms with Crippen LogP contribution >= 0.6 is 0 Å². The second-order valence-corrected chi connectivity index (χ2v) is 4.20. The van der Waals surface area contributed by atoms with Gasteiger partial charge in [-0.05, 0) is 18.2 Å². The number of hydrogen-bond donors (Lipinski definition) is 2. The predicted octanol–water partition coefficient (Wildman–Crippen LogP) is 0.622. The molecule has 3 rings (SSSR count). The van der Waals surface area contributed by atoms with Gasteiger partial charge in [0.05, 0.1) is 5.52 Å². The Morgan fingerprint density at radius 2 is 2.00 bits per heavy atom. The minimum absolute atomic E-state index is 0.548. The summed E-state index contributed by atoms with van der Waals surface area (Å²) in [6.45, 7) is 4.11. The number of aromatic nitrogens is 2. The molecule has 1 saturated heterocycles. The van der Waals surface area contributed by atoms with Crippen LogP contribution in [0.4, 0.5) is 11.5 Å². The van der Waals surface area contributed by atoms with Gasteiger partial charge in [0.25, 0.3) is 0 Å². The molecule has 0 saturated carbocycles. The first-order chi connectivity index (χ1) is 8.34. The van der Waals surface area contributed by atoms with Crippen molar-refractivity contribution in [3.05, 3.63) is 24.5 Å². The van der Waals surface area contributed by atoms with Crippen LogP contribution in [0.2, 0.25) is 0 Å². The molecular weight excluding hydrogens is 214 g/mol. The molecule has 17 heavy (non-hydrogen) atoms. The molecule has 1 fully saturated rings. The smallest absolute Gasteiger partial charge is 0.134 e. The standard InChI is InChI=1S/C12H15N5/c13-12-10-7-9(17-5-3-14-4-6-17)1-2-11(10)15-8-16-12/h1-2,7-8,14H,3-6H2,(H2,13,15,16). The van der Waals surface area contributed by atoms with E-state index in [4.69, 9.17) is 5.73 Å². The third kappa shape index (κ3) is 1.89. The second-order valence-electron chi connectivity index (χ2n) is 4.20. The number of nitrogens with zero attached hydrogens (tertiary/aromatic N) is 3. The Morgan fingerprint density at radius 3 is 2.82 bits per heavy atom. The summed E-state index contributed by atoms with van der Waals surface area (Å²) in [5, 5.41) is 4.28. The quantitative estimate of drug-likeness (QED) is 0.750. The van der Waals surface area contributed by atoms with E-state index in [-0.39, 0.29) is 0 Å². The van der Waals surface area contributed by atoms with Gasteiger partial charge in [0, 0.05) is 37.3 Å². The van der Waals surface area contributed by atoms with Crippen molar-refractivity contribution in [3.63, 3.8) is 0 Å². The summed E-state index contributed by atoms with van der Waals surface area (Å²) < 4.78 is 0. The van der Waals surface area contributed by atoms with Crippen LogP contribution in [0.25, 0.3) is 10.9 Å². The molecular formula is C12H15N5. The second kappa shape index (κ2) is 4.18. The van der Waals surface area contributed by atoms with Gasteiger partial charge >= 0.3 is 0 Å². The van der Waals surface area contributed by atoms with Crippen LogP contribution in [-0.2, 0) is 0 Å². The van der Waals surface area contributed by atoms with Crippen molar-refractivity contribution in [2.24, 2.45) is 0 Å². The molecule has 1 aromatic heterocycles. The number of hydrogen-bond acceptors (Lipinski definition) is 5. The topological polar surface area (TPSA) is 67.1 Å². The zero-order chi connectivity index (χ0) is 11.7. The molecule has 1 aromatic carbocycles. The van der Waals surface area contributed by atoms with Crippen molar-refractivity contribution in [3.8, 4) is 0 Å². The van der Waals surface area contributed by atoms with Crippen LogP contribution in [0, 0.1) is 0 Å². The first-order valence-corrected chi connectivity index (χ1v) is 5.80. The molecule has 5 nitrogen and oxygen atoms in total. The largest absolute Gasteiger partial charge is 0.383 e. The maximum Gasteiger partial charge on any atom is 0.134 e. The van der Waals surface area contributed by atoms with Crippen LogP contribution in [0.1, 0.15) is 0 Å². The van der Waals surface area contributed by atoms with Crippen LogP contribution in [0.5, 0.6) is 0 Å². The Balaban J connectivity index is 2.03. The lowest BCUT2D eigenvalue weighted by atomic mass is 10.2. The summed E-state index contributed by atoms with van der Waals surface area (Å²) >= 11 is 0. The molecule has 1 aliphatic rings. The Kier molecular flexibility index (Phi) is 2.53. The molecule has 0 atom stereocenters. The van der Waals surface area contributed by atoms with Crippen LogP contribution < -0.4 is 16.0 Å². The van der Waals surface area contributed by atoms with Crippen LogP contribution in [0.15, 0.2) is 24.5 Å². The highest BCUT2D eigenvalue weighted by Gasteiger charge is 2.11. The number of nitrogen functional groups attached to an aromatic ring is 1. The fraction of sp³-hybridized carbons (Fsp3) is 0.333. The third-order valence-electron chi connectivity index (χ3n) is 3.13. The zero-order valence-corrected chi connectivity index (χ0v) is 9.56. The minimum atomic E-state index is 0.548. The van der Waals surface area contributed by atoms with Gasteiger partial charge < -0.3 is 16.0 Å². The highest BCUT2D eigenvalue weighted by atomic mass is 15.2. The first-order valence-electron chi connectivity index (χ1n) is 5.80. The van der Waals surface area contributed by atoms with E-state index >= 15 is 0 Å². The van der Waals surface area contributed by atoms with Gasteiger partial charge in [0.2, 0.25) is 0 Å². The summed E-state index contributed by atoms with van der Waals surface area (Å²) in [5.74, 6) is 0.548. The number of anilines is 2. The van der Waals surface area contributed by atoms with Gasteiger partial charge in [-0.25, -0.2) is 9.97 Å². The molecule has 0 unspecified atom stereocenters. The molecule has 0 radical (unpaired) electrons. The number of benzene rings is 1. The lowest BCUT2D eigenvalue weighted by Crippen LogP contribution is -2.43. The number of nitrogens with one attached hydrogen (secondary N) is 1. The molecule has 88 valence electrons. The maximum absolute atomic E-state index is 5.87. The Labute approximate surface area is 99.7 Å². The highest BCUT2D eigenvalue weighted by Crippen LogP contribution is 2.23. The monoisotopic (exact) mass is 229 g/mol. The molecule has 3 N–H and O–H groups in total. The SMILES string of the molecule is Nc1ncnc2ccc(N3CCNCC3)cc12. The zero-order valence-electron chi connectivity index (χ0n) is 9.56. The van der Waals surface area contributed by atoms with Crippen molar-refractivity contribution in [1.29, 1.82) is 0 Å². The molecule has 2 aromatic rings.